The Morgan fingerprint density at radius 1 is 1.28 bits per heavy atom. The fraction of sp³-hybridized carbons (Fsp3) is 0.450. The Balaban J connectivity index is 0.00000289. The summed E-state index contributed by atoms with van der Waals surface area (Å²) in [5, 5.41) is 4.48. The van der Waals surface area contributed by atoms with Gasteiger partial charge in [0.05, 0.1) is 29.0 Å². The minimum absolute atomic E-state index is 0. The molecule has 3 aromatic rings. The van der Waals surface area contributed by atoms with Gasteiger partial charge in [-0.2, -0.15) is 18.3 Å². The molecule has 1 aliphatic rings. The number of hydrogen-bond donors (Lipinski definition) is 0. The number of hydrogen-bond acceptors (Lipinski definition) is 6. The molecule has 32 heavy (non-hydrogen) atoms. The summed E-state index contributed by atoms with van der Waals surface area (Å²) in [5.41, 5.74) is 0.0931. The van der Waals surface area contributed by atoms with E-state index in [9.17, 15) is 18.0 Å². The minimum atomic E-state index is -4.52. The van der Waals surface area contributed by atoms with Gasteiger partial charge in [-0.1, -0.05) is 17.4 Å². The highest BCUT2D eigenvalue weighted by molar-refractivity contribution is 7.22. The molecule has 0 bridgehead atoms. The Kier molecular flexibility index (Phi) is 7.43. The van der Waals surface area contributed by atoms with Crippen LogP contribution in [0.25, 0.3) is 10.2 Å². The highest BCUT2D eigenvalue weighted by Gasteiger charge is 2.34. The van der Waals surface area contributed by atoms with E-state index in [0.29, 0.717) is 24.5 Å². The molecule has 2 aromatic heterocycles. The molecule has 0 atom stereocenters. The summed E-state index contributed by atoms with van der Waals surface area (Å²) in [6.07, 6.45) is -4.52. The zero-order valence-electron chi connectivity index (χ0n) is 17.6. The van der Waals surface area contributed by atoms with Crippen molar-refractivity contribution in [2.75, 3.05) is 44.3 Å². The van der Waals surface area contributed by atoms with E-state index in [1.165, 1.54) is 11.0 Å². The lowest BCUT2D eigenvalue weighted by atomic mass is 10.2. The van der Waals surface area contributed by atoms with Crippen molar-refractivity contribution in [3.05, 3.63) is 41.2 Å². The summed E-state index contributed by atoms with van der Waals surface area (Å²) >= 11 is 1.07. The maximum absolute atomic E-state index is 13.4. The van der Waals surface area contributed by atoms with Crippen molar-refractivity contribution in [2.45, 2.75) is 13.1 Å². The summed E-state index contributed by atoms with van der Waals surface area (Å²) in [5.74, 6) is -0.385. The van der Waals surface area contributed by atoms with Crippen LogP contribution in [0.5, 0.6) is 0 Å². The number of morpholine rings is 1. The van der Waals surface area contributed by atoms with Crippen LogP contribution < -0.4 is 4.90 Å². The van der Waals surface area contributed by atoms with Crippen molar-refractivity contribution in [1.82, 2.24) is 19.7 Å². The van der Waals surface area contributed by atoms with E-state index in [4.69, 9.17) is 4.74 Å². The molecule has 1 fully saturated rings. The number of aromatic nitrogens is 3. The fourth-order valence-electron chi connectivity index (χ4n) is 3.43. The molecule has 1 saturated heterocycles. The second kappa shape index (κ2) is 9.74. The van der Waals surface area contributed by atoms with E-state index in [1.807, 2.05) is 6.92 Å². The largest absolute Gasteiger partial charge is 0.418 e. The lowest BCUT2D eigenvalue weighted by Gasteiger charge is -2.29. The van der Waals surface area contributed by atoms with Crippen molar-refractivity contribution in [2.24, 2.45) is 7.05 Å². The van der Waals surface area contributed by atoms with Gasteiger partial charge in [-0.05, 0) is 25.1 Å². The number of anilines is 1. The Morgan fingerprint density at radius 2 is 2.00 bits per heavy atom. The monoisotopic (exact) mass is 489 g/mol. The van der Waals surface area contributed by atoms with Crippen LogP contribution in [0.1, 0.15) is 21.7 Å². The number of benzene rings is 1. The molecule has 0 spiro atoms. The van der Waals surface area contributed by atoms with Crippen molar-refractivity contribution in [3.63, 3.8) is 0 Å². The first-order valence-electron chi connectivity index (χ1n) is 9.83. The Bertz CT molecular complexity index is 1080. The van der Waals surface area contributed by atoms with E-state index >= 15 is 0 Å². The van der Waals surface area contributed by atoms with Gasteiger partial charge in [0, 0.05) is 38.9 Å². The molecule has 0 radical (unpaired) electrons. The van der Waals surface area contributed by atoms with Crippen molar-refractivity contribution < 1.29 is 22.7 Å². The minimum Gasteiger partial charge on any atom is -0.379 e. The van der Waals surface area contributed by atoms with E-state index in [0.717, 1.165) is 36.2 Å². The van der Waals surface area contributed by atoms with E-state index < -0.39 is 11.7 Å². The van der Waals surface area contributed by atoms with Crippen LogP contribution in [-0.4, -0.2) is 65.0 Å². The fourth-order valence-corrected chi connectivity index (χ4v) is 4.45. The van der Waals surface area contributed by atoms with Gasteiger partial charge < -0.3 is 4.74 Å². The third-order valence-electron chi connectivity index (χ3n) is 5.27. The lowest BCUT2D eigenvalue weighted by molar-refractivity contribution is -0.136. The number of halogens is 4. The maximum Gasteiger partial charge on any atom is 0.418 e. The lowest BCUT2D eigenvalue weighted by Crippen LogP contribution is -2.43. The summed E-state index contributed by atoms with van der Waals surface area (Å²) in [7, 11) is 1.73. The quantitative estimate of drug-likeness (QED) is 0.546. The Labute approximate surface area is 193 Å². The van der Waals surface area contributed by atoms with Gasteiger partial charge in [0.15, 0.2) is 10.8 Å². The van der Waals surface area contributed by atoms with Crippen LogP contribution in [-0.2, 0) is 18.0 Å². The first-order chi connectivity index (χ1) is 14.7. The topological polar surface area (TPSA) is 63.5 Å². The van der Waals surface area contributed by atoms with Crippen molar-refractivity contribution in [3.8, 4) is 0 Å². The van der Waals surface area contributed by atoms with E-state index in [-0.39, 0.29) is 41.2 Å². The highest BCUT2D eigenvalue weighted by Crippen LogP contribution is 2.38. The number of rotatable bonds is 5. The number of amides is 1. The molecule has 1 aromatic carbocycles. The molecular formula is C20H23ClF3N5O2S. The SMILES string of the molecule is Cc1cc(C(=O)N(CCN2CCOCC2)c2nc3c(C(F)(F)F)cccc3s2)nn1C.Cl. The second-order valence-corrected chi connectivity index (χ2v) is 8.36. The first-order valence-corrected chi connectivity index (χ1v) is 10.6. The summed E-state index contributed by atoms with van der Waals surface area (Å²) in [6, 6.07) is 5.61. The van der Waals surface area contributed by atoms with Gasteiger partial charge in [-0.3, -0.25) is 19.3 Å². The Hall–Kier alpha value is -2.21. The molecule has 4 rings (SSSR count). The predicted molar refractivity (Wildman–Crippen MR) is 119 cm³/mol. The van der Waals surface area contributed by atoms with Crippen molar-refractivity contribution in [1.29, 1.82) is 0 Å². The van der Waals surface area contributed by atoms with Crippen molar-refractivity contribution >= 4 is 45.0 Å². The third-order valence-corrected chi connectivity index (χ3v) is 6.31. The number of ether oxygens (including phenoxy) is 1. The number of carbonyl (C=O) groups excluding carboxylic acids is 1. The molecular weight excluding hydrogens is 467 g/mol. The molecule has 174 valence electrons. The van der Waals surface area contributed by atoms with Gasteiger partial charge in [0.2, 0.25) is 0 Å². The molecule has 12 heteroatoms. The predicted octanol–water partition coefficient (Wildman–Crippen LogP) is 3.76. The molecule has 0 saturated carbocycles. The van der Waals surface area contributed by atoms with Crippen LogP contribution in [0.3, 0.4) is 0 Å². The summed E-state index contributed by atoms with van der Waals surface area (Å²) < 4.78 is 47.7. The van der Waals surface area contributed by atoms with E-state index in [2.05, 4.69) is 15.0 Å². The molecule has 7 nitrogen and oxygen atoms in total. The van der Waals surface area contributed by atoms with Crippen LogP contribution in [0.2, 0.25) is 0 Å². The molecule has 0 unspecified atom stereocenters. The first kappa shape index (κ1) is 24.4. The zero-order chi connectivity index (χ0) is 22.2. The standard InChI is InChI=1S/C20H22F3N5O2S.ClH/c1-13-12-15(25-26(13)2)18(29)28(7-6-27-8-10-30-11-9-27)19-24-17-14(20(21,22)23)4-3-5-16(17)31-19;/h3-5,12H,6-11H2,1-2H3;1H. The summed E-state index contributed by atoms with van der Waals surface area (Å²) in [4.78, 5) is 21.1. The number of thiazole rings is 1. The zero-order valence-corrected chi connectivity index (χ0v) is 19.2. The van der Waals surface area contributed by atoms with Crippen LogP contribution in [0.4, 0.5) is 18.3 Å². The molecule has 1 amide bonds. The maximum atomic E-state index is 13.4. The normalized spacial score (nSPS) is 15.0. The number of nitrogens with zero attached hydrogens (tertiary/aromatic N) is 5. The van der Waals surface area contributed by atoms with Gasteiger partial charge in [-0.15, -0.1) is 12.4 Å². The number of para-hydroxylation sites is 1. The number of alkyl halides is 3. The molecule has 0 aliphatic carbocycles. The van der Waals surface area contributed by atoms with Gasteiger partial charge in [-0.25, -0.2) is 4.98 Å². The smallest absolute Gasteiger partial charge is 0.379 e. The molecule has 0 N–H and O–H groups in total. The number of aryl methyl sites for hydroxylation is 2. The molecule has 1 aliphatic heterocycles. The average molecular weight is 490 g/mol. The highest BCUT2D eigenvalue weighted by atomic mass is 35.5. The van der Waals surface area contributed by atoms with Gasteiger partial charge >= 0.3 is 6.18 Å². The average Bonchev–Trinajstić information content (AvgIpc) is 3.31. The Morgan fingerprint density at radius 3 is 2.62 bits per heavy atom. The number of carbonyl (C=O) groups is 1. The van der Waals surface area contributed by atoms with Gasteiger partial charge in [0.1, 0.15) is 0 Å². The van der Waals surface area contributed by atoms with Crippen LogP contribution in [0, 0.1) is 6.92 Å². The third kappa shape index (κ3) is 5.06. The van der Waals surface area contributed by atoms with E-state index in [1.54, 1.807) is 23.9 Å². The van der Waals surface area contributed by atoms with Crippen LogP contribution in [0.15, 0.2) is 24.3 Å². The second-order valence-electron chi connectivity index (χ2n) is 7.35. The van der Waals surface area contributed by atoms with Gasteiger partial charge in [0.25, 0.3) is 5.91 Å². The number of fused-ring (bicyclic) bond motifs is 1. The molecule has 3 heterocycles. The van der Waals surface area contributed by atoms with Crippen LogP contribution >= 0.6 is 23.7 Å². The summed E-state index contributed by atoms with van der Waals surface area (Å²) in [6.45, 7) is 5.38.